The van der Waals surface area contributed by atoms with Gasteiger partial charge in [0.2, 0.25) is 11.7 Å². The third-order valence-corrected chi connectivity index (χ3v) is 15.6. The fourth-order valence-corrected chi connectivity index (χ4v) is 10.6. The number of hydrogen-bond donors (Lipinski definition) is 3. The first kappa shape index (κ1) is 60.2. The zero-order chi connectivity index (χ0) is 53.0. The molecule has 0 radical (unpaired) electrons. The van der Waals surface area contributed by atoms with Crippen molar-refractivity contribution in [2.24, 2.45) is 35.5 Å². The number of esters is 1. The fourth-order valence-electron chi connectivity index (χ4n) is 10.1. The third-order valence-electron chi connectivity index (χ3n) is 15.1. The summed E-state index contributed by atoms with van der Waals surface area (Å²) in [6.45, 7) is 11.7. The van der Waals surface area contributed by atoms with Gasteiger partial charge >= 0.3 is 5.97 Å². The molecule has 2 aliphatic heterocycles. The lowest BCUT2D eigenvalue weighted by atomic mass is 9.78. The van der Waals surface area contributed by atoms with Crippen LogP contribution < -0.4 is 4.72 Å². The van der Waals surface area contributed by atoms with E-state index in [-0.39, 0.29) is 74.3 Å². The molecule has 2 saturated carbocycles. The molecular weight excluding hydrogens is 947 g/mol. The number of aliphatic hydroxyl groups is 2. The molecule has 0 aromatic carbocycles. The van der Waals surface area contributed by atoms with Crippen LogP contribution in [0.2, 0.25) is 0 Å². The number of rotatable bonds is 10. The van der Waals surface area contributed by atoms with Gasteiger partial charge in [0, 0.05) is 75.6 Å². The van der Waals surface area contributed by atoms with E-state index in [2.05, 4.69) is 4.72 Å². The Morgan fingerprint density at radius 3 is 2.25 bits per heavy atom. The van der Waals surface area contributed by atoms with Crippen LogP contribution >= 0.6 is 0 Å². The molecular formula is C52H79F2N2O14S-. The number of amides is 1. The number of ketones is 3. The highest BCUT2D eigenvalue weighted by atomic mass is 32.2. The normalized spacial score (nSPS) is 38.5. The van der Waals surface area contributed by atoms with Crippen molar-refractivity contribution in [2.45, 2.75) is 186 Å². The fraction of sp³-hybridized carbons (Fsp3) is 0.750. The molecule has 2 heterocycles. The van der Waals surface area contributed by atoms with Crippen molar-refractivity contribution in [3.8, 4) is 0 Å². The number of aliphatic hydroxyl groups excluding tert-OH is 1. The largest absolute Gasteiger partial charge is 0.760 e. The maximum absolute atomic E-state index is 14.1. The van der Waals surface area contributed by atoms with Gasteiger partial charge in [-0.15, -0.1) is 0 Å². The lowest BCUT2D eigenvalue weighted by Crippen LogP contribution is -2.59. The third kappa shape index (κ3) is 16.8. The van der Waals surface area contributed by atoms with Crippen LogP contribution in [0.5, 0.6) is 0 Å². The van der Waals surface area contributed by atoms with Crippen molar-refractivity contribution in [2.75, 3.05) is 27.9 Å². The highest BCUT2D eigenvalue weighted by Crippen LogP contribution is 2.43. The molecule has 0 aromatic heterocycles. The molecule has 0 spiro atoms. The monoisotopic (exact) mass is 1030 g/mol. The van der Waals surface area contributed by atoms with E-state index in [0.717, 1.165) is 4.90 Å². The standard InChI is InChI=1S/C52H80F2N2O14S/c1-30-16-14-12-11-13-15-17-31(2)45(58)47(67-10)46(59)34(5)22-32(3)41(57)26-43(33(4)23-37-19-21-42(44(24-37)66-9)68-29-38-27-51(53,54)28-38)69-50(62)36(7)56(8)49(61)48(60)52(63)35(6)18-20-39(70-52)25-40(30)55-71(64)65/h11-14,16,22,31-33,35-40,42-44,46-47,55,59,63H,15,17-21,23-29H2,1-10H3,(H,64,65)/p-1/b13-11+,14-12+,30-16+,34-22+/t31?,32?,33-,35+,36?,37+,39-,40?,42-,43?,44-,46?,47?,52+/m1/s1. The van der Waals surface area contributed by atoms with Crippen LogP contribution in [0.1, 0.15) is 126 Å². The molecule has 15 atom stereocenters. The molecule has 19 heteroatoms. The number of alkyl halides is 2. The minimum atomic E-state index is -2.70. The lowest BCUT2D eigenvalue weighted by Gasteiger charge is -2.42. The maximum atomic E-state index is 14.1. The number of allylic oxidation sites excluding steroid dienone is 6. The summed E-state index contributed by atoms with van der Waals surface area (Å²) in [6.07, 6.45) is 8.50. The number of methoxy groups -OCH3 is 2. The van der Waals surface area contributed by atoms with Crippen LogP contribution in [0.4, 0.5) is 8.78 Å². The van der Waals surface area contributed by atoms with Crippen molar-refractivity contribution in [3.63, 3.8) is 0 Å². The Hall–Kier alpha value is -3.40. The molecule has 16 nitrogen and oxygen atoms in total. The smallest absolute Gasteiger partial charge is 0.328 e. The van der Waals surface area contributed by atoms with Crippen LogP contribution in [0, 0.1) is 35.5 Å². The Morgan fingerprint density at radius 1 is 0.930 bits per heavy atom. The Bertz CT molecular complexity index is 1990. The first-order chi connectivity index (χ1) is 33.3. The molecule has 1 saturated heterocycles. The van der Waals surface area contributed by atoms with Gasteiger partial charge in [-0.05, 0) is 102 Å². The number of hydrogen-bond acceptors (Lipinski definition) is 14. The van der Waals surface area contributed by atoms with Gasteiger partial charge < -0.3 is 43.4 Å². The number of nitrogens with one attached hydrogen (secondary N) is 1. The van der Waals surface area contributed by atoms with Gasteiger partial charge in [0.1, 0.15) is 30.1 Å². The topological polar surface area (TPSA) is 227 Å². The molecule has 4 rings (SSSR count). The highest BCUT2D eigenvalue weighted by molar-refractivity contribution is 7.77. The number of Topliss-reactive ketones (excluding diaryl/α,β-unsaturated/α-hetero) is 3. The summed E-state index contributed by atoms with van der Waals surface area (Å²) in [5.74, 6) is -12.2. The molecule has 4 aliphatic rings. The zero-order valence-electron chi connectivity index (χ0n) is 43.1. The van der Waals surface area contributed by atoms with E-state index < -0.39 is 101 Å². The Labute approximate surface area is 421 Å². The first-order valence-electron chi connectivity index (χ1n) is 25.1. The minimum absolute atomic E-state index is 0.00953. The number of ether oxygens (including phenoxy) is 5. The summed E-state index contributed by atoms with van der Waals surface area (Å²) in [5.41, 5.74) is 0.920. The second-order valence-electron chi connectivity index (χ2n) is 20.7. The van der Waals surface area contributed by atoms with Gasteiger partial charge in [0.15, 0.2) is 5.78 Å². The van der Waals surface area contributed by atoms with Gasteiger partial charge in [-0.25, -0.2) is 18.3 Å². The first-order valence-corrected chi connectivity index (χ1v) is 26.1. The molecule has 1 amide bonds. The van der Waals surface area contributed by atoms with Crippen LogP contribution in [-0.2, 0) is 58.9 Å². The number of carbonyl (C=O) groups excluding carboxylic acids is 5. The van der Waals surface area contributed by atoms with E-state index >= 15 is 0 Å². The van der Waals surface area contributed by atoms with Gasteiger partial charge in [-0.2, -0.15) is 0 Å². The van der Waals surface area contributed by atoms with E-state index in [1.54, 1.807) is 72.1 Å². The molecule has 2 aliphatic carbocycles. The zero-order valence-corrected chi connectivity index (χ0v) is 44.0. The molecule has 3 N–H and O–H groups in total. The maximum Gasteiger partial charge on any atom is 0.328 e. The van der Waals surface area contributed by atoms with E-state index in [1.807, 2.05) is 13.0 Å². The quantitative estimate of drug-likeness (QED) is 0.0958. The second kappa shape index (κ2) is 27.2. The summed E-state index contributed by atoms with van der Waals surface area (Å²) in [4.78, 5) is 70.5. The van der Waals surface area contributed by atoms with Gasteiger partial charge in [0.25, 0.3) is 11.7 Å². The van der Waals surface area contributed by atoms with Crippen LogP contribution in [0.15, 0.2) is 47.6 Å². The van der Waals surface area contributed by atoms with Gasteiger partial charge in [-0.1, -0.05) is 69.7 Å². The molecule has 0 aromatic rings. The van der Waals surface area contributed by atoms with Crippen molar-refractivity contribution >= 4 is 40.5 Å². The number of carbonyl (C=O) groups is 5. The van der Waals surface area contributed by atoms with Crippen LogP contribution in [-0.4, -0.2) is 141 Å². The summed E-state index contributed by atoms with van der Waals surface area (Å²) in [5, 5.41) is 23.2. The Balaban J connectivity index is 1.63. The average molecular weight is 1030 g/mol. The van der Waals surface area contributed by atoms with Crippen molar-refractivity contribution < 1.29 is 75.4 Å². The summed E-state index contributed by atoms with van der Waals surface area (Å²) in [7, 11) is 4.12. The lowest BCUT2D eigenvalue weighted by molar-refractivity contribution is -0.263. The molecule has 3 fully saturated rings. The van der Waals surface area contributed by atoms with Gasteiger partial charge in [-0.3, -0.25) is 23.4 Å². The van der Waals surface area contributed by atoms with Crippen molar-refractivity contribution in [3.05, 3.63) is 47.6 Å². The van der Waals surface area contributed by atoms with Crippen LogP contribution in [0.25, 0.3) is 0 Å². The summed E-state index contributed by atoms with van der Waals surface area (Å²) in [6, 6.07) is -2.19. The number of likely N-dealkylation sites (N-methyl/N-ethyl adjacent to an activating group) is 1. The number of cyclic esters (lactones) is 1. The molecule has 8 unspecified atom stereocenters. The minimum Gasteiger partial charge on any atom is -0.760 e. The SMILES string of the molecule is COC1C(=O)C(C)CC/C=C/C=C/C=C(\C)C(NS(=O)[O-])C[C@H]2CC[C@H](C)[C@](O)(O2)C(=O)C(=O)N(C)C(C)C(=O)OC([C@H](C)C[C@@H]2CC[C@@H](OCC3CC(F)(F)C3)[C@H](OC)C2)CC(=O)C(C)/C=C(\C)C1O. The Kier molecular flexibility index (Phi) is 23.1. The predicted molar refractivity (Wildman–Crippen MR) is 260 cm³/mol. The number of fused-ring (bicyclic) bond motifs is 2. The number of nitrogens with zero attached hydrogens (tertiary/aromatic N) is 1. The summed E-state index contributed by atoms with van der Waals surface area (Å²) < 4.78 is 82.7. The Morgan fingerprint density at radius 2 is 1.62 bits per heavy atom. The van der Waals surface area contributed by atoms with Gasteiger partial charge in [0.05, 0.1) is 24.9 Å². The second-order valence-corrected chi connectivity index (χ2v) is 21.4. The molecule has 402 valence electrons. The van der Waals surface area contributed by atoms with E-state index in [0.29, 0.717) is 56.1 Å². The molecule has 2 bridgehead atoms. The number of halogens is 2. The van der Waals surface area contributed by atoms with Crippen molar-refractivity contribution in [1.82, 2.24) is 9.62 Å². The van der Waals surface area contributed by atoms with Crippen LogP contribution in [0.3, 0.4) is 0 Å². The molecule has 71 heavy (non-hydrogen) atoms. The van der Waals surface area contributed by atoms with E-state index in [1.165, 1.54) is 21.1 Å². The summed E-state index contributed by atoms with van der Waals surface area (Å²) >= 11 is -2.70. The average Bonchev–Trinajstić information content (AvgIpc) is 3.31. The highest BCUT2D eigenvalue weighted by Gasteiger charge is 2.52. The predicted octanol–water partition coefficient (Wildman–Crippen LogP) is 6.21. The van der Waals surface area contributed by atoms with Crippen molar-refractivity contribution in [1.29, 1.82) is 0 Å². The van der Waals surface area contributed by atoms with E-state index in [4.69, 9.17) is 23.7 Å². The van der Waals surface area contributed by atoms with E-state index in [9.17, 15) is 51.7 Å².